The molecule has 164 valence electrons. The van der Waals surface area contributed by atoms with Crippen molar-refractivity contribution < 1.29 is 17.6 Å². The molecular weight excluding hydrogens is 428 g/mol. The van der Waals surface area contributed by atoms with Gasteiger partial charge in [0.05, 0.1) is 5.75 Å². The van der Waals surface area contributed by atoms with Crippen LogP contribution in [0.4, 0.5) is 0 Å². The van der Waals surface area contributed by atoms with Gasteiger partial charge < -0.3 is 9.15 Å². The first-order chi connectivity index (χ1) is 15.3. The summed E-state index contributed by atoms with van der Waals surface area (Å²) in [5, 5.41) is 0.812. The van der Waals surface area contributed by atoms with Crippen LogP contribution in [0.2, 0.25) is 0 Å². The van der Waals surface area contributed by atoms with Crippen molar-refractivity contribution in [3.63, 3.8) is 0 Å². The molecule has 0 aliphatic rings. The molecule has 0 saturated heterocycles. The van der Waals surface area contributed by atoms with Gasteiger partial charge >= 0.3 is 11.6 Å². The predicted molar refractivity (Wildman–Crippen MR) is 122 cm³/mol. The van der Waals surface area contributed by atoms with E-state index < -0.39 is 15.5 Å². The minimum atomic E-state index is -3.09. The molecule has 2 heterocycles. The predicted octanol–water partition coefficient (Wildman–Crippen LogP) is 4.21. The molecule has 0 bridgehead atoms. The van der Waals surface area contributed by atoms with Gasteiger partial charge in [-0.2, -0.15) is 0 Å². The Labute approximate surface area is 185 Å². The molecule has 0 aliphatic carbocycles. The van der Waals surface area contributed by atoms with E-state index in [0.29, 0.717) is 23.3 Å². The van der Waals surface area contributed by atoms with Gasteiger partial charge in [-0.3, -0.25) is 0 Å². The van der Waals surface area contributed by atoms with Crippen LogP contribution in [0, 0.1) is 6.92 Å². The molecule has 0 spiro atoms. The zero-order chi connectivity index (χ0) is 22.7. The van der Waals surface area contributed by atoms with Crippen molar-refractivity contribution in [3.05, 3.63) is 93.6 Å². The van der Waals surface area contributed by atoms with Gasteiger partial charge in [-0.15, -0.1) is 0 Å². The van der Waals surface area contributed by atoms with Gasteiger partial charge in [-0.1, -0.05) is 31.2 Å². The van der Waals surface area contributed by atoms with Crippen LogP contribution in [-0.4, -0.2) is 24.1 Å². The molecule has 4 aromatic rings. The maximum Gasteiger partial charge on any atom is 0.340 e. The Morgan fingerprint density at radius 3 is 2.38 bits per heavy atom. The average molecular weight is 451 g/mol. The van der Waals surface area contributed by atoms with E-state index in [-0.39, 0.29) is 17.5 Å². The summed E-state index contributed by atoms with van der Waals surface area (Å²) in [6.45, 7) is 3.52. The Balaban J connectivity index is 1.59. The van der Waals surface area contributed by atoms with Crippen molar-refractivity contribution >= 4 is 20.8 Å². The van der Waals surface area contributed by atoms with Crippen LogP contribution in [0.5, 0.6) is 11.8 Å². The second kappa shape index (κ2) is 8.92. The molecule has 2 aromatic heterocycles. The van der Waals surface area contributed by atoms with Gasteiger partial charge in [0.2, 0.25) is 0 Å². The quantitative estimate of drug-likeness (QED) is 0.389. The highest BCUT2D eigenvalue weighted by Gasteiger charge is 2.14. The summed E-state index contributed by atoms with van der Waals surface area (Å²) in [7, 11) is -3.09. The minimum Gasteiger partial charge on any atom is -0.424 e. The number of fused-ring (bicyclic) bond motifs is 1. The molecule has 0 atom stereocenters. The molecule has 0 amide bonds. The number of benzene rings is 2. The molecule has 0 aliphatic heterocycles. The van der Waals surface area contributed by atoms with Crippen LogP contribution < -0.4 is 10.4 Å². The van der Waals surface area contributed by atoms with E-state index in [4.69, 9.17) is 9.15 Å². The monoisotopic (exact) mass is 450 g/mol. The number of hydrogen-bond acceptors (Lipinski definition) is 7. The van der Waals surface area contributed by atoms with Crippen LogP contribution in [0.15, 0.2) is 70.1 Å². The van der Waals surface area contributed by atoms with E-state index in [1.54, 1.807) is 49.6 Å². The minimum absolute atomic E-state index is 0.0132. The first-order valence-corrected chi connectivity index (χ1v) is 12.0. The highest BCUT2D eigenvalue weighted by Crippen LogP contribution is 2.27. The summed E-state index contributed by atoms with van der Waals surface area (Å²) >= 11 is 0. The standard InChI is InChI=1S/C24H22N2O5S/c1-3-32(28,29)15-18-7-5-17(6-8-18)13-21-16(2)20-10-9-19(14-22(20)31-23(21)27)30-24-25-11-4-12-26-24/h4-12,14H,3,13,15H2,1-2H3. The summed E-state index contributed by atoms with van der Waals surface area (Å²) in [4.78, 5) is 20.8. The summed E-state index contributed by atoms with van der Waals surface area (Å²) in [6, 6.07) is 14.4. The van der Waals surface area contributed by atoms with Crippen molar-refractivity contribution in [2.24, 2.45) is 0 Å². The van der Waals surface area contributed by atoms with Crippen LogP contribution in [0.25, 0.3) is 11.0 Å². The van der Waals surface area contributed by atoms with E-state index >= 15 is 0 Å². The number of aryl methyl sites for hydroxylation is 1. The number of ether oxygens (including phenoxy) is 1. The molecule has 0 unspecified atom stereocenters. The number of sulfone groups is 1. The van der Waals surface area contributed by atoms with Crippen LogP contribution in [0.1, 0.15) is 29.2 Å². The second-order valence-corrected chi connectivity index (χ2v) is 9.81. The molecule has 4 rings (SSSR count). The molecule has 0 saturated carbocycles. The molecule has 32 heavy (non-hydrogen) atoms. The maximum absolute atomic E-state index is 12.7. The van der Waals surface area contributed by atoms with E-state index in [0.717, 1.165) is 22.1 Å². The average Bonchev–Trinajstić information content (AvgIpc) is 2.78. The van der Waals surface area contributed by atoms with Crippen molar-refractivity contribution in [1.29, 1.82) is 0 Å². The lowest BCUT2D eigenvalue weighted by molar-refractivity contribution is 0.440. The fraction of sp³-hybridized carbons (Fsp3) is 0.208. The maximum atomic E-state index is 12.7. The third-order valence-electron chi connectivity index (χ3n) is 5.24. The van der Waals surface area contributed by atoms with E-state index in [1.807, 2.05) is 25.1 Å². The van der Waals surface area contributed by atoms with E-state index in [1.165, 1.54) is 0 Å². The number of rotatable bonds is 7. The third-order valence-corrected chi connectivity index (χ3v) is 6.89. The lowest BCUT2D eigenvalue weighted by atomic mass is 9.99. The first kappa shape index (κ1) is 21.7. The molecule has 0 N–H and O–H groups in total. The number of nitrogens with zero attached hydrogens (tertiary/aromatic N) is 2. The number of aromatic nitrogens is 2. The lowest BCUT2D eigenvalue weighted by Gasteiger charge is -2.10. The Morgan fingerprint density at radius 1 is 1.00 bits per heavy atom. The first-order valence-electron chi connectivity index (χ1n) is 10.1. The zero-order valence-electron chi connectivity index (χ0n) is 17.7. The highest BCUT2D eigenvalue weighted by molar-refractivity contribution is 7.90. The van der Waals surface area contributed by atoms with Crippen molar-refractivity contribution in [1.82, 2.24) is 9.97 Å². The Kier molecular flexibility index (Phi) is 6.05. The molecule has 7 nitrogen and oxygen atoms in total. The van der Waals surface area contributed by atoms with Crippen molar-refractivity contribution in [2.75, 3.05) is 5.75 Å². The van der Waals surface area contributed by atoms with E-state index in [2.05, 4.69) is 9.97 Å². The highest BCUT2D eigenvalue weighted by atomic mass is 32.2. The summed E-state index contributed by atoms with van der Waals surface area (Å²) < 4.78 is 34.8. The Bertz CT molecular complexity index is 1410. The lowest BCUT2D eigenvalue weighted by Crippen LogP contribution is -2.11. The van der Waals surface area contributed by atoms with Gasteiger partial charge in [-0.25, -0.2) is 23.2 Å². The summed E-state index contributed by atoms with van der Waals surface area (Å²) in [6.07, 6.45) is 3.55. The second-order valence-electron chi connectivity index (χ2n) is 7.45. The fourth-order valence-corrected chi connectivity index (χ4v) is 4.30. The number of hydrogen-bond donors (Lipinski definition) is 0. The van der Waals surface area contributed by atoms with Gasteiger partial charge in [0.15, 0.2) is 9.84 Å². The van der Waals surface area contributed by atoms with Crippen molar-refractivity contribution in [3.8, 4) is 11.8 Å². The molecule has 0 fully saturated rings. The summed E-state index contributed by atoms with van der Waals surface area (Å²) in [5.74, 6) is 0.591. The smallest absolute Gasteiger partial charge is 0.340 e. The fourth-order valence-electron chi connectivity index (χ4n) is 3.40. The van der Waals surface area contributed by atoms with Crippen LogP contribution in [0.3, 0.4) is 0 Å². The van der Waals surface area contributed by atoms with Crippen LogP contribution in [-0.2, 0) is 22.0 Å². The summed E-state index contributed by atoms with van der Waals surface area (Å²) in [5.41, 5.74) is 3.03. The van der Waals surface area contributed by atoms with Crippen LogP contribution >= 0.6 is 0 Å². The molecular formula is C24H22N2O5S. The van der Waals surface area contributed by atoms with Gasteiger partial charge in [0, 0.05) is 41.6 Å². The van der Waals surface area contributed by atoms with E-state index in [9.17, 15) is 13.2 Å². The normalized spacial score (nSPS) is 11.6. The topological polar surface area (TPSA) is 99.4 Å². The Hall–Kier alpha value is -3.52. The van der Waals surface area contributed by atoms with Gasteiger partial charge in [-0.05, 0) is 41.8 Å². The molecule has 2 aromatic carbocycles. The Morgan fingerprint density at radius 2 is 1.69 bits per heavy atom. The third kappa shape index (κ3) is 4.86. The van der Waals surface area contributed by atoms with Gasteiger partial charge in [0.1, 0.15) is 11.3 Å². The van der Waals surface area contributed by atoms with Crippen molar-refractivity contribution in [2.45, 2.75) is 26.0 Å². The largest absolute Gasteiger partial charge is 0.424 e. The van der Waals surface area contributed by atoms with Gasteiger partial charge in [0.25, 0.3) is 0 Å². The SMILES string of the molecule is CCS(=O)(=O)Cc1ccc(Cc2c(C)c3ccc(Oc4ncccn4)cc3oc2=O)cc1. The zero-order valence-corrected chi connectivity index (χ0v) is 18.6. The molecule has 0 radical (unpaired) electrons. The molecule has 8 heteroatoms.